The number of esters is 1. The number of fused-ring (bicyclic) bond motifs is 3. The van der Waals surface area contributed by atoms with Gasteiger partial charge in [0.1, 0.15) is 0 Å². The molecule has 7 atom stereocenters. The Morgan fingerprint density at radius 2 is 2.04 bits per heavy atom. The minimum Gasteiger partial charge on any atom is -0.465 e. The molecule has 4 aliphatic carbocycles. The summed E-state index contributed by atoms with van der Waals surface area (Å²) >= 11 is 0. The van der Waals surface area contributed by atoms with E-state index in [4.69, 9.17) is 4.74 Å². The first-order chi connectivity index (χ1) is 11.7. The van der Waals surface area contributed by atoms with E-state index in [0.717, 1.165) is 25.7 Å². The molecule has 25 heavy (non-hydrogen) atoms. The zero-order chi connectivity index (χ0) is 18.0. The molecule has 3 nitrogen and oxygen atoms in total. The number of carbonyl (C=O) groups is 1. The fourth-order valence-electron chi connectivity index (χ4n) is 7.83. The Balaban J connectivity index is 1.69. The van der Waals surface area contributed by atoms with E-state index in [2.05, 4.69) is 20.4 Å². The first kappa shape index (κ1) is 17.6. The molecular weight excluding hydrogens is 312 g/mol. The highest BCUT2D eigenvalue weighted by molar-refractivity contribution is 5.65. The molecule has 1 spiro atoms. The van der Waals surface area contributed by atoms with Gasteiger partial charge in [-0.15, -0.1) is 0 Å². The largest absolute Gasteiger partial charge is 0.465 e. The summed E-state index contributed by atoms with van der Waals surface area (Å²) in [5.74, 6) is 1.47. The first-order valence-corrected chi connectivity index (χ1v) is 10.2. The van der Waals surface area contributed by atoms with Crippen molar-refractivity contribution < 1.29 is 14.6 Å². The third kappa shape index (κ3) is 2.37. The number of carbonyl (C=O) groups excluding carboxylic acids is 1. The van der Waals surface area contributed by atoms with Gasteiger partial charge in [-0.1, -0.05) is 32.4 Å². The van der Waals surface area contributed by atoms with Crippen LogP contribution in [-0.2, 0) is 9.53 Å². The Labute approximate surface area is 152 Å². The molecule has 0 aliphatic heterocycles. The number of ether oxygens (including phenoxy) is 1. The molecule has 140 valence electrons. The SMILES string of the molecule is C=C1C[C@]23C[C@H]1CC[C@H]2[C@]1(C)CCC[C@](C)(COC(C)=O)[C@H]1C[C@H]3O. The van der Waals surface area contributed by atoms with Gasteiger partial charge in [-0.05, 0) is 68.1 Å². The monoisotopic (exact) mass is 346 g/mol. The summed E-state index contributed by atoms with van der Waals surface area (Å²) in [5.41, 5.74) is 1.71. The number of aliphatic hydroxyl groups excluding tert-OH is 1. The van der Waals surface area contributed by atoms with Crippen LogP contribution >= 0.6 is 0 Å². The van der Waals surface area contributed by atoms with Crippen LogP contribution in [0.5, 0.6) is 0 Å². The zero-order valence-corrected chi connectivity index (χ0v) is 16.1. The van der Waals surface area contributed by atoms with Crippen LogP contribution in [0.4, 0.5) is 0 Å². The van der Waals surface area contributed by atoms with E-state index in [9.17, 15) is 9.90 Å². The van der Waals surface area contributed by atoms with Gasteiger partial charge in [0.2, 0.25) is 0 Å². The Bertz CT molecular complexity index is 598. The van der Waals surface area contributed by atoms with Gasteiger partial charge in [0.05, 0.1) is 12.7 Å². The predicted octanol–water partition coefficient (Wildman–Crippen LogP) is 4.49. The molecule has 0 unspecified atom stereocenters. The van der Waals surface area contributed by atoms with E-state index in [1.54, 1.807) is 0 Å². The van der Waals surface area contributed by atoms with Crippen molar-refractivity contribution in [3.63, 3.8) is 0 Å². The molecule has 4 saturated carbocycles. The molecule has 2 bridgehead atoms. The number of hydrogen-bond acceptors (Lipinski definition) is 3. The highest BCUT2D eigenvalue weighted by Gasteiger charge is 2.66. The maximum Gasteiger partial charge on any atom is 0.302 e. The summed E-state index contributed by atoms with van der Waals surface area (Å²) in [7, 11) is 0. The molecule has 0 aromatic rings. The smallest absolute Gasteiger partial charge is 0.302 e. The lowest BCUT2D eigenvalue weighted by atomic mass is 9.40. The van der Waals surface area contributed by atoms with Crippen molar-refractivity contribution in [3.05, 3.63) is 12.2 Å². The third-order valence-electron chi connectivity index (χ3n) is 8.88. The molecule has 4 rings (SSSR count). The minimum atomic E-state index is -0.229. The number of aliphatic hydroxyl groups is 1. The van der Waals surface area contributed by atoms with Crippen LogP contribution in [0.2, 0.25) is 0 Å². The van der Waals surface area contributed by atoms with Gasteiger partial charge in [0, 0.05) is 17.8 Å². The molecule has 4 fully saturated rings. The zero-order valence-electron chi connectivity index (χ0n) is 16.1. The van der Waals surface area contributed by atoms with Crippen molar-refractivity contribution in [1.29, 1.82) is 0 Å². The molecule has 4 aliphatic rings. The normalized spacial score (nSPS) is 51.6. The molecule has 0 saturated heterocycles. The lowest BCUT2D eigenvalue weighted by Gasteiger charge is -2.65. The fourth-order valence-corrected chi connectivity index (χ4v) is 7.83. The summed E-state index contributed by atoms with van der Waals surface area (Å²) in [5, 5.41) is 11.3. The van der Waals surface area contributed by atoms with E-state index in [1.807, 2.05) is 0 Å². The molecule has 0 heterocycles. The van der Waals surface area contributed by atoms with E-state index >= 15 is 0 Å². The average molecular weight is 347 g/mol. The summed E-state index contributed by atoms with van der Waals surface area (Å²) in [6.07, 6.45) is 8.87. The van der Waals surface area contributed by atoms with Crippen molar-refractivity contribution in [2.45, 2.75) is 78.2 Å². The first-order valence-electron chi connectivity index (χ1n) is 10.2. The average Bonchev–Trinajstić information content (AvgIpc) is 2.79. The Kier molecular flexibility index (Phi) is 3.92. The molecule has 0 amide bonds. The number of hydrogen-bond donors (Lipinski definition) is 1. The maximum atomic E-state index is 11.4. The second kappa shape index (κ2) is 5.58. The van der Waals surface area contributed by atoms with Crippen LogP contribution in [0.15, 0.2) is 12.2 Å². The number of allylic oxidation sites excluding steroid dienone is 1. The second-order valence-corrected chi connectivity index (χ2v) is 10.2. The van der Waals surface area contributed by atoms with Crippen molar-refractivity contribution in [2.75, 3.05) is 6.61 Å². The molecule has 1 N–H and O–H groups in total. The van der Waals surface area contributed by atoms with E-state index < -0.39 is 0 Å². The number of rotatable bonds is 2. The second-order valence-electron chi connectivity index (χ2n) is 10.2. The Morgan fingerprint density at radius 3 is 2.76 bits per heavy atom. The standard InChI is InChI=1S/C22H34O3/c1-14-11-22-12-16(14)6-7-17(22)21(4)9-5-8-20(3,13-25-15(2)23)18(21)10-19(22)24/h16-19,24H,1,5-13H2,2-4H3/t16-,17+,18-,19-,20-,21+,22+/m1/s1. The summed E-state index contributed by atoms with van der Waals surface area (Å²) in [6, 6.07) is 0. The fraction of sp³-hybridized carbons (Fsp3) is 0.864. The van der Waals surface area contributed by atoms with Crippen molar-refractivity contribution in [2.24, 2.45) is 34.0 Å². The van der Waals surface area contributed by atoms with Gasteiger partial charge in [-0.25, -0.2) is 0 Å². The van der Waals surface area contributed by atoms with Gasteiger partial charge in [-0.2, -0.15) is 0 Å². The molecule has 0 aromatic heterocycles. The minimum absolute atomic E-state index is 0.00623. The van der Waals surface area contributed by atoms with E-state index in [1.165, 1.54) is 38.2 Å². The molecule has 0 aromatic carbocycles. The van der Waals surface area contributed by atoms with Gasteiger partial charge in [0.15, 0.2) is 0 Å². The van der Waals surface area contributed by atoms with Gasteiger partial charge >= 0.3 is 5.97 Å². The van der Waals surface area contributed by atoms with Crippen LogP contribution in [0.25, 0.3) is 0 Å². The van der Waals surface area contributed by atoms with Crippen molar-refractivity contribution >= 4 is 5.97 Å². The Morgan fingerprint density at radius 1 is 1.28 bits per heavy atom. The molecular formula is C22H34O3. The van der Waals surface area contributed by atoms with Crippen LogP contribution in [0.3, 0.4) is 0 Å². The summed E-state index contributed by atoms with van der Waals surface area (Å²) in [4.78, 5) is 11.4. The topological polar surface area (TPSA) is 46.5 Å². The highest BCUT2D eigenvalue weighted by Crippen LogP contribution is 2.72. The quantitative estimate of drug-likeness (QED) is 0.592. The predicted molar refractivity (Wildman–Crippen MR) is 97.8 cm³/mol. The van der Waals surface area contributed by atoms with Crippen LogP contribution in [-0.4, -0.2) is 23.8 Å². The lowest BCUT2D eigenvalue weighted by molar-refractivity contribution is -0.208. The third-order valence-corrected chi connectivity index (χ3v) is 8.88. The van der Waals surface area contributed by atoms with Crippen LogP contribution < -0.4 is 0 Å². The molecule has 3 heteroatoms. The van der Waals surface area contributed by atoms with E-state index in [0.29, 0.717) is 24.4 Å². The van der Waals surface area contributed by atoms with Gasteiger partial charge < -0.3 is 9.84 Å². The summed E-state index contributed by atoms with van der Waals surface area (Å²) in [6.45, 7) is 11.1. The van der Waals surface area contributed by atoms with Crippen LogP contribution in [0, 0.1) is 34.0 Å². The highest BCUT2D eigenvalue weighted by atomic mass is 16.5. The van der Waals surface area contributed by atoms with E-state index in [-0.39, 0.29) is 28.3 Å². The van der Waals surface area contributed by atoms with Crippen molar-refractivity contribution in [3.8, 4) is 0 Å². The Hall–Kier alpha value is -0.830. The van der Waals surface area contributed by atoms with Crippen LogP contribution in [0.1, 0.15) is 72.1 Å². The summed E-state index contributed by atoms with van der Waals surface area (Å²) < 4.78 is 5.49. The maximum absolute atomic E-state index is 11.4. The lowest BCUT2D eigenvalue weighted by Crippen LogP contribution is -2.62. The molecule has 0 radical (unpaired) electrons. The van der Waals surface area contributed by atoms with Crippen molar-refractivity contribution in [1.82, 2.24) is 0 Å². The van der Waals surface area contributed by atoms with Gasteiger partial charge in [-0.3, -0.25) is 4.79 Å². The van der Waals surface area contributed by atoms with Gasteiger partial charge in [0.25, 0.3) is 0 Å².